The molecular formula is C22H31ClIN5. The molecule has 1 saturated heterocycles. The predicted molar refractivity (Wildman–Crippen MR) is 131 cm³/mol. The fourth-order valence-electron chi connectivity index (χ4n) is 4.89. The maximum atomic E-state index is 6.30. The van der Waals surface area contributed by atoms with E-state index in [-0.39, 0.29) is 29.4 Å². The van der Waals surface area contributed by atoms with Crippen LogP contribution in [-0.2, 0) is 12.5 Å². The van der Waals surface area contributed by atoms with Gasteiger partial charge in [-0.05, 0) is 42.5 Å². The van der Waals surface area contributed by atoms with Gasteiger partial charge < -0.3 is 10.2 Å². The fraction of sp³-hybridized carbons (Fsp3) is 0.545. The second-order valence-electron chi connectivity index (χ2n) is 8.28. The topological polar surface area (TPSA) is 45.5 Å². The molecule has 0 bridgehead atoms. The molecule has 158 valence electrons. The second kappa shape index (κ2) is 9.69. The number of nitrogens with zero attached hydrogens (tertiary/aromatic N) is 4. The number of hydrogen-bond donors (Lipinski definition) is 1. The molecule has 2 fully saturated rings. The maximum Gasteiger partial charge on any atom is 0.193 e. The molecule has 1 saturated carbocycles. The summed E-state index contributed by atoms with van der Waals surface area (Å²) in [4.78, 5) is 6.98. The number of rotatable bonds is 4. The zero-order chi connectivity index (χ0) is 19.6. The van der Waals surface area contributed by atoms with E-state index in [9.17, 15) is 0 Å². The first-order chi connectivity index (χ1) is 13.6. The first-order valence-electron chi connectivity index (χ1n) is 10.3. The smallest absolute Gasteiger partial charge is 0.193 e. The quantitative estimate of drug-likeness (QED) is 0.360. The van der Waals surface area contributed by atoms with Crippen LogP contribution in [0.5, 0.6) is 0 Å². The van der Waals surface area contributed by atoms with Gasteiger partial charge in [0.25, 0.3) is 0 Å². The van der Waals surface area contributed by atoms with Crippen LogP contribution in [0.2, 0.25) is 5.02 Å². The molecule has 0 amide bonds. The third-order valence-electron chi connectivity index (χ3n) is 6.48. The second-order valence-corrected chi connectivity index (χ2v) is 8.71. The number of aromatic nitrogens is 2. The van der Waals surface area contributed by atoms with E-state index < -0.39 is 0 Å². The van der Waals surface area contributed by atoms with Gasteiger partial charge in [-0.3, -0.25) is 9.67 Å². The Morgan fingerprint density at radius 3 is 2.79 bits per heavy atom. The molecule has 7 heteroatoms. The molecule has 2 aromatic rings. The highest BCUT2D eigenvalue weighted by Gasteiger charge is 2.36. The van der Waals surface area contributed by atoms with Crippen molar-refractivity contribution in [3.8, 4) is 0 Å². The highest BCUT2D eigenvalue weighted by atomic mass is 127. The first-order valence-corrected chi connectivity index (χ1v) is 10.7. The Morgan fingerprint density at radius 1 is 1.34 bits per heavy atom. The molecule has 1 aromatic carbocycles. The van der Waals surface area contributed by atoms with Crippen LogP contribution >= 0.6 is 35.6 Å². The minimum Gasteiger partial charge on any atom is -0.355 e. The lowest BCUT2D eigenvalue weighted by Gasteiger charge is -2.32. The van der Waals surface area contributed by atoms with E-state index in [1.807, 2.05) is 31.0 Å². The fourth-order valence-corrected chi connectivity index (χ4v) is 5.08. The molecule has 4 rings (SSSR count). The first kappa shape index (κ1) is 22.4. The predicted octanol–water partition coefficient (Wildman–Crippen LogP) is 4.57. The van der Waals surface area contributed by atoms with Crippen molar-refractivity contribution in [3.63, 3.8) is 0 Å². The number of guanidine groups is 1. The number of aryl methyl sites for hydroxylation is 1. The Bertz CT molecular complexity index is 843. The maximum absolute atomic E-state index is 6.30. The average molecular weight is 528 g/mol. The van der Waals surface area contributed by atoms with Crippen LogP contribution in [0.15, 0.2) is 41.7 Å². The van der Waals surface area contributed by atoms with Crippen molar-refractivity contribution in [1.82, 2.24) is 20.0 Å². The summed E-state index contributed by atoms with van der Waals surface area (Å²) in [6.07, 6.45) is 10.2. The van der Waals surface area contributed by atoms with E-state index in [1.54, 1.807) is 0 Å². The van der Waals surface area contributed by atoms with Gasteiger partial charge in [0.1, 0.15) is 0 Å². The Kier molecular flexibility index (Phi) is 7.48. The molecule has 5 nitrogen and oxygen atoms in total. The van der Waals surface area contributed by atoms with Crippen molar-refractivity contribution >= 4 is 41.5 Å². The molecule has 1 unspecified atom stereocenters. The van der Waals surface area contributed by atoms with Crippen LogP contribution in [0, 0.1) is 0 Å². The summed E-state index contributed by atoms with van der Waals surface area (Å²) in [5.41, 5.74) is 2.84. The largest absolute Gasteiger partial charge is 0.355 e. The van der Waals surface area contributed by atoms with Crippen molar-refractivity contribution < 1.29 is 0 Å². The van der Waals surface area contributed by atoms with Gasteiger partial charge in [-0.15, -0.1) is 24.0 Å². The summed E-state index contributed by atoms with van der Waals surface area (Å²) in [6.45, 7) is 2.94. The number of halogens is 2. The Hall–Kier alpha value is -1.28. The van der Waals surface area contributed by atoms with Gasteiger partial charge in [0.05, 0.1) is 6.20 Å². The van der Waals surface area contributed by atoms with Gasteiger partial charge in [-0.1, -0.05) is 36.6 Å². The van der Waals surface area contributed by atoms with Gasteiger partial charge in [-0.2, -0.15) is 5.10 Å². The number of aliphatic imine (C=N–C) groups is 1. The molecule has 1 N–H and O–H groups in total. The normalized spacial score (nSPS) is 21.3. The summed E-state index contributed by atoms with van der Waals surface area (Å²) >= 11 is 6.30. The molecule has 2 aliphatic rings. The van der Waals surface area contributed by atoms with Gasteiger partial charge in [0.2, 0.25) is 0 Å². The molecule has 0 radical (unpaired) electrons. The van der Waals surface area contributed by atoms with Gasteiger partial charge in [-0.25, -0.2) is 0 Å². The van der Waals surface area contributed by atoms with E-state index in [2.05, 4.69) is 44.7 Å². The molecule has 1 aromatic heterocycles. The number of hydrogen-bond acceptors (Lipinski definition) is 2. The van der Waals surface area contributed by atoms with E-state index in [4.69, 9.17) is 11.6 Å². The van der Waals surface area contributed by atoms with Crippen molar-refractivity contribution in [2.24, 2.45) is 12.0 Å². The lowest BCUT2D eigenvalue weighted by molar-refractivity contribution is 0.412. The Labute approximate surface area is 195 Å². The number of benzene rings is 1. The van der Waals surface area contributed by atoms with E-state index >= 15 is 0 Å². The van der Waals surface area contributed by atoms with Crippen LogP contribution in [0.4, 0.5) is 0 Å². The van der Waals surface area contributed by atoms with E-state index in [1.165, 1.54) is 36.8 Å². The summed E-state index contributed by atoms with van der Waals surface area (Å²) in [7, 11) is 3.87. The van der Waals surface area contributed by atoms with Crippen LogP contribution in [0.3, 0.4) is 0 Å². The van der Waals surface area contributed by atoms with E-state index in [0.717, 1.165) is 37.0 Å². The molecule has 1 aliphatic heterocycles. The Morgan fingerprint density at radius 2 is 2.14 bits per heavy atom. The highest BCUT2D eigenvalue weighted by molar-refractivity contribution is 14.0. The standard InChI is InChI=1S/C22H30ClN5.HI/c1-24-21(28-11-8-17(15-28)18-13-26-27(2)14-18)25-16-22(9-3-4-10-22)19-6-5-7-20(23)12-19;/h5-7,12-14,17H,3-4,8-11,15-16H2,1-2H3,(H,24,25);1H. The summed E-state index contributed by atoms with van der Waals surface area (Å²) in [6, 6.07) is 8.41. The summed E-state index contributed by atoms with van der Waals surface area (Å²) in [5, 5.41) is 8.86. The van der Waals surface area contributed by atoms with E-state index in [0.29, 0.717) is 5.92 Å². The Balaban J connectivity index is 0.00000240. The van der Waals surface area contributed by atoms with Crippen molar-refractivity contribution in [2.45, 2.75) is 43.4 Å². The van der Waals surface area contributed by atoms with Crippen molar-refractivity contribution in [3.05, 3.63) is 52.8 Å². The van der Waals surface area contributed by atoms with Gasteiger partial charge in [0.15, 0.2) is 5.96 Å². The summed E-state index contributed by atoms with van der Waals surface area (Å²) in [5.74, 6) is 1.54. The molecule has 2 heterocycles. The summed E-state index contributed by atoms with van der Waals surface area (Å²) < 4.78 is 1.89. The van der Waals surface area contributed by atoms with Crippen LogP contribution in [-0.4, -0.2) is 47.3 Å². The molecule has 0 spiro atoms. The molecule has 29 heavy (non-hydrogen) atoms. The molecule has 1 aliphatic carbocycles. The molecular weight excluding hydrogens is 497 g/mol. The SMILES string of the molecule is CN=C(NCC1(c2cccc(Cl)c2)CCCC1)N1CCC(c2cnn(C)c2)C1.I. The van der Waals surface area contributed by atoms with Crippen LogP contribution in [0.25, 0.3) is 0 Å². The third kappa shape index (κ3) is 4.90. The third-order valence-corrected chi connectivity index (χ3v) is 6.71. The average Bonchev–Trinajstić information content (AvgIpc) is 3.43. The van der Waals surface area contributed by atoms with Crippen molar-refractivity contribution in [2.75, 3.05) is 26.7 Å². The molecule has 1 atom stereocenters. The monoisotopic (exact) mass is 527 g/mol. The highest BCUT2D eigenvalue weighted by Crippen LogP contribution is 2.41. The zero-order valence-electron chi connectivity index (χ0n) is 17.3. The number of likely N-dealkylation sites (tertiary alicyclic amines) is 1. The van der Waals surface area contributed by atoms with Crippen LogP contribution < -0.4 is 5.32 Å². The van der Waals surface area contributed by atoms with Gasteiger partial charge >= 0.3 is 0 Å². The minimum absolute atomic E-state index is 0. The zero-order valence-corrected chi connectivity index (χ0v) is 20.4. The van der Waals surface area contributed by atoms with Crippen LogP contribution in [0.1, 0.15) is 49.1 Å². The van der Waals surface area contributed by atoms with Crippen molar-refractivity contribution in [1.29, 1.82) is 0 Å². The number of nitrogens with one attached hydrogen (secondary N) is 1. The minimum atomic E-state index is 0. The lowest BCUT2D eigenvalue weighted by atomic mass is 9.79. The van der Waals surface area contributed by atoms with Gasteiger partial charge in [0, 0.05) is 56.3 Å². The lowest BCUT2D eigenvalue weighted by Crippen LogP contribution is -2.46.